The summed E-state index contributed by atoms with van der Waals surface area (Å²) in [5, 5.41) is 2.74. The molecule has 0 aliphatic carbocycles. The maximum absolute atomic E-state index is 12.8. The highest BCUT2D eigenvalue weighted by Crippen LogP contribution is 2.27. The average Bonchev–Trinajstić information content (AvgIpc) is 2.73. The number of sulfonamides is 1. The molecule has 3 rings (SSSR count). The molecule has 0 bridgehead atoms. The summed E-state index contributed by atoms with van der Waals surface area (Å²) in [5.74, 6) is -1.07. The van der Waals surface area contributed by atoms with Crippen LogP contribution in [0.3, 0.4) is 0 Å². The molecule has 3 aromatic carbocycles. The Labute approximate surface area is 197 Å². The molecule has 11 heteroatoms. The molecule has 0 aliphatic heterocycles. The van der Waals surface area contributed by atoms with E-state index < -0.39 is 28.0 Å². The molecule has 33 heavy (non-hydrogen) atoms. The van der Waals surface area contributed by atoms with Crippen molar-refractivity contribution < 1.29 is 31.1 Å². The Morgan fingerprint density at radius 3 is 2.24 bits per heavy atom. The highest BCUT2D eigenvalue weighted by Gasteiger charge is 2.31. The van der Waals surface area contributed by atoms with E-state index in [9.17, 15) is 26.4 Å². The van der Waals surface area contributed by atoms with Crippen LogP contribution in [0.25, 0.3) is 0 Å². The lowest BCUT2D eigenvalue weighted by Crippen LogP contribution is -2.25. The zero-order chi connectivity index (χ0) is 24.2. The van der Waals surface area contributed by atoms with Crippen LogP contribution in [0, 0.1) is 6.92 Å². The molecule has 2 N–H and O–H groups in total. The van der Waals surface area contributed by atoms with E-state index >= 15 is 0 Å². The number of aryl methyl sites for hydroxylation is 1. The van der Waals surface area contributed by atoms with E-state index in [1.165, 1.54) is 12.1 Å². The number of hydrogen-bond donors (Lipinski definition) is 2. The Morgan fingerprint density at radius 2 is 1.64 bits per heavy atom. The van der Waals surface area contributed by atoms with E-state index in [0.717, 1.165) is 35.4 Å². The van der Waals surface area contributed by atoms with Gasteiger partial charge in [0.1, 0.15) is 5.75 Å². The third-order valence-corrected chi connectivity index (χ3v) is 6.29. The second-order valence-electron chi connectivity index (χ2n) is 6.98. The summed E-state index contributed by atoms with van der Waals surface area (Å²) < 4.78 is 69.0. The molecule has 0 fully saturated rings. The van der Waals surface area contributed by atoms with Gasteiger partial charge in [-0.2, -0.15) is 0 Å². The first-order valence-corrected chi connectivity index (χ1v) is 11.7. The first-order valence-electron chi connectivity index (χ1n) is 9.45. The SMILES string of the molecule is Cc1ccc(CNC(=O)c2cc(Br)ccc2NS(=O)(=O)c2ccc(OC(F)(F)F)cc2)cc1. The minimum atomic E-state index is -4.89. The first-order chi connectivity index (χ1) is 15.4. The van der Waals surface area contributed by atoms with Crippen molar-refractivity contribution in [2.75, 3.05) is 4.72 Å². The fourth-order valence-electron chi connectivity index (χ4n) is 2.80. The van der Waals surface area contributed by atoms with Crippen molar-refractivity contribution in [3.05, 3.63) is 87.9 Å². The molecule has 3 aromatic rings. The highest BCUT2D eigenvalue weighted by molar-refractivity contribution is 9.10. The lowest BCUT2D eigenvalue weighted by Gasteiger charge is -2.14. The van der Waals surface area contributed by atoms with Gasteiger partial charge in [-0.3, -0.25) is 9.52 Å². The van der Waals surface area contributed by atoms with Crippen LogP contribution < -0.4 is 14.8 Å². The predicted octanol–water partition coefficient (Wildman–Crippen LogP) is 5.39. The van der Waals surface area contributed by atoms with Gasteiger partial charge in [-0.1, -0.05) is 45.8 Å². The van der Waals surface area contributed by atoms with Gasteiger partial charge < -0.3 is 10.1 Å². The normalized spacial score (nSPS) is 11.7. The summed E-state index contributed by atoms with van der Waals surface area (Å²) >= 11 is 3.26. The number of anilines is 1. The van der Waals surface area contributed by atoms with Gasteiger partial charge in [-0.15, -0.1) is 13.2 Å². The fourth-order valence-corrected chi connectivity index (χ4v) is 4.24. The summed E-state index contributed by atoms with van der Waals surface area (Å²) in [6, 6.07) is 15.7. The number of hydrogen-bond acceptors (Lipinski definition) is 4. The number of nitrogens with one attached hydrogen (secondary N) is 2. The number of halogens is 4. The summed E-state index contributed by atoms with van der Waals surface area (Å²) in [7, 11) is -4.20. The van der Waals surface area contributed by atoms with Crippen molar-refractivity contribution in [2.24, 2.45) is 0 Å². The van der Waals surface area contributed by atoms with Crippen LogP contribution in [0.4, 0.5) is 18.9 Å². The third kappa shape index (κ3) is 6.96. The Bertz CT molecular complexity index is 1250. The van der Waals surface area contributed by atoms with Gasteiger partial charge in [-0.25, -0.2) is 8.42 Å². The summed E-state index contributed by atoms with van der Waals surface area (Å²) in [6.45, 7) is 2.18. The molecule has 0 saturated heterocycles. The van der Waals surface area contributed by atoms with Crippen LogP contribution in [0.15, 0.2) is 76.1 Å². The minimum Gasteiger partial charge on any atom is -0.406 e. The van der Waals surface area contributed by atoms with Crippen LogP contribution in [0.5, 0.6) is 5.75 Å². The predicted molar refractivity (Wildman–Crippen MR) is 120 cm³/mol. The van der Waals surface area contributed by atoms with E-state index in [0.29, 0.717) is 4.47 Å². The molecule has 0 atom stereocenters. The second-order valence-corrected chi connectivity index (χ2v) is 9.58. The molecule has 0 unspecified atom stereocenters. The Hall–Kier alpha value is -3.05. The molecule has 1 amide bonds. The van der Waals surface area contributed by atoms with Gasteiger partial charge in [0.25, 0.3) is 15.9 Å². The van der Waals surface area contributed by atoms with Crippen molar-refractivity contribution >= 4 is 37.5 Å². The maximum atomic E-state index is 12.8. The van der Waals surface area contributed by atoms with E-state index in [2.05, 4.69) is 30.7 Å². The average molecular weight is 543 g/mol. The summed E-state index contributed by atoms with van der Waals surface area (Å²) in [5.41, 5.74) is 2.02. The van der Waals surface area contributed by atoms with Crippen molar-refractivity contribution in [3.63, 3.8) is 0 Å². The monoisotopic (exact) mass is 542 g/mol. The lowest BCUT2D eigenvalue weighted by atomic mass is 10.1. The van der Waals surface area contributed by atoms with Crippen molar-refractivity contribution in [1.82, 2.24) is 5.32 Å². The zero-order valence-electron chi connectivity index (χ0n) is 17.1. The molecule has 6 nitrogen and oxygen atoms in total. The summed E-state index contributed by atoms with van der Waals surface area (Å²) in [6.07, 6.45) is -4.89. The highest BCUT2D eigenvalue weighted by atomic mass is 79.9. The number of alkyl halides is 3. The standard InChI is InChI=1S/C22H18BrF3N2O4S/c1-14-2-4-15(5-3-14)13-27-21(29)19-12-16(23)6-11-20(19)28-33(30,31)18-9-7-17(8-10-18)32-22(24,25)26/h2-12,28H,13H2,1H3,(H,27,29). The maximum Gasteiger partial charge on any atom is 0.573 e. The van der Waals surface area contributed by atoms with Crippen molar-refractivity contribution in [2.45, 2.75) is 24.7 Å². The lowest BCUT2D eigenvalue weighted by molar-refractivity contribution is -0.274. The van der Waals surface area contributed by atoms with Gasteiger partial charge in [0.05, 0.1) is 16.1 Å². The Balaban J connectivity index is 1.79. The molecule has 0 spiro atoms. The number of ether oxygens (including phenoxy) is 1. The molecule has 0 heterocycles. The third-order valence-electron chi connectivity index (χ3n) is 4.41. The number of carbonyl (C=O) groups excluding carboxylic acids is 1. The number of amides is 1. The van der Waals surface area contributed by atoms with Crippen LogP contribution in [0.2, 0.25) is 0 Å². The topological polar surface area (TPSA) is 84.5 Å². The molecule has 0 aliphatic rings. The van der Waals surface area contributed by atoms with Crippen LogP contribution in [-0.4, -0.2) is 20.7 Å². The van der Waals surface area contributed by atoms with Gasteiger partial charge >= 0.3 is 6.36 Å². The Kier molecular flexibility index (Phi) is 7.33. The minimum absolute atomic E-state index is 0.00947. The van der Waals surface area contributed by atoms with Gasteiger partial charge in [0.15, 0.2) is 0 Å². The number of rotatable bonds is 7. The van der Waals surface area contributed by atoms with Crippen molar-refractivity contribution in [3.8, 4) is 5.75 Å². The van der Waals surface area contributed by atoms with Gasteiger partial charge in [0.2, 0.25) is 0 Å². The molecular weight excluding hydrogens is 525 g/mol. The van der Waals surface area contributed by atoms with Crippen molar-refractivity contribution in [1.29, 1.82) is 0 Å². The quantitative estimate of drug-likeness (QED) is 0.419. The van der Waals surface area contributed by atoms with Gasteiger partial charge in [-0.05, 0) is 55.0 Å². The van der Waals surface area contributed by atoms with E-state index in [1.54, 1.807) is 6.07 Å². The molecule has 0 radical (unpaired) electrons. The fraction of sp³-hybridized carbons (Fsp3) is 0.136. The number of carbonyl (C=O) groups is 1. The van der Waals surface area contributed by atoms with E-state index in [-0.39, 0.29) is 22.7 Å². The smallest absolute Gasteiger partial charge is 0.406 e. The van der Waals surface area contributed by atoms with E-state index in [1.807, 2.05) is 31.2 Å². The number of benzene rings is 3. The second kappa shape index (κ2) is 9.84. The largest absolute Gasteiger partial charge is 0.573 e. The molecular formula is C22H18BrF3N2O4S. The molecule has 0 saturated carbocycles. The molecule has 174 valence electrons. The van der Waals surface area contributed by atoms with Crippen LogP contribution >= 0.6 is 15.9 Å². The Morgan fingerprint density at radius 1 is 1.00 bits per heavy atom. The van der Waals surface area contributed by atoms with Crippen LogP contribution in [-0.2, 0) is 16.6 Å². The summed E-state index contributed by atoms with van der Waals surface area (Å²) in [4.78, 5) is 12.5. The zero-order valence-corrected chi connectivity index (χ0v) is 19.5. The van der Waals surface area contributed by atoms with Crippen LogP contribution in [0.1, 0.15) is 21.5 Å². The van der Waals surface area contributed by atoms with E-state index in [4.69, 9.17) is 0 Å². The van der Waals surface area contributed by atoms with Gasteiger partial charge in [0, 0.05) is 11.0 Å². The molecule has 0 aromatic heterocycles. The first kappa shape index (κ1) is 24.6.